The minimum absolute atomic E-state index is 0.461. The Labute approximate surface area is 81.5 Å². The third kappa shape index (κ3) is 2.72. The standard InChI is InChI=1S/C11H20N2/c1-3-8-13(2)9-7-11(10-12)5-4-6-11/h1H,4-10,12H2,2H3. The van der Waals surface area contributed by atoms with E-state index in [1.54, 1.807) is 0 Å². The zero-order valence-corrected chi connectivity index (χ0v) is 8.55. The maximum atomic E-state index is 5.77. The second kappa shape index (κ2) is 4.64. The van der Waals surface area contributed by atoms with Crippen molar-refractivity contribution >= 4 is 0 Å². The molecule has 2 heteroatoms. The second-order valence-electron chi connectivity index (χ2n) is 4.25. The van der Waals surface area contributed by atoms with Gasteiger partial charge < -0.3 is 5.73 Å². The predicted molar refractivity (Wildman–Crippen MR) is 56.3 cm³/mol. The van der Waals surface area contributed by atoms with Gasteiger partial charge in [0.25, 0.3) is 0 Å². The highest BCUT2D eigenvalue weighted by molar-refractivity contribution is 4.91. The van der Waals surface area contributed by atoms with Crippen LogP contribution in [0.25, 0.3) is 0 Å². The smallest absolute Gasteiger partial charge is 0.0596 e. The first-order valence-corrected chi connectivity index (χ1v) is 5.04. The molecule has 1 saturated carbocycles. The van der Waals surface area contributed by atoms with Crippen molar-refractivity contribution in [3.63, 3.8) is 0 Å². The van der Waals surface area contributed by atoms with Crippen LogP contribution in [0.1, 0.15) is 25.7 Å². The lowest BCUT2D eigenvalue weighted by Gasteiger charge is -2.41. The van der Waals surface area contributed by atoms with E-state index in [1.807, 2.05) is 0 Å². The minimum atomic E-state index is 0.461. The van der Waals surface area contributed by atoms with E-state index in [0.717, 1.165) is 19.6 Å². The molecule has 0 saturated heterocycles. The Bertz CT molecular complexity index is 183. The van der Waals surface area contributed by atoms with Gasteiger partial charge in [-0.1, -0.05) is 12.3 Å². The summed E-state index contributed by atoms with van der Waals surface area (Å²) in [6.07, 6.45) is 10.4. The van der Waals surface area contributed by atoms with E-state index in [0.29, 0.717) is 5.41 Å². The van der Waals surface area contributed by atoms with Crippen molar-refractivity contribution in [3.05, 3.63) is 0 Å². The highest BCUT2D eigenvalue weighted by Crippen LogP contribution is 2.42. The van der Waals surface area contributed by atoms with Gasteiger partial charge in [0.2, 0.25) is 0 Å². The van der Waals surface area contributed by atoms with Gasteiger partial charge in [-0.25, -0.2) is 0 Å². The monoisotopic (exact) mass is 180 g/mol. The summed E-state index contributed by atoms with van der Waals surface area (Å²) in [6, 6.07) is 0. The van der Waals surface area contributed by atoms with Crippen LogP contribution >= 0.6 is 0 Å². The molecule has 1 rings (SSSR count). The number of terminal acetylenes is 1. The maximum Gasteiger partial charge on any atom is 0.0596 e. The van der Waals surface area contributed by atoms with Gasteiger partial charge in [0.1, 0.15) is 0 Å². The average Bonchev–Trinajstić information content (AvgIpc) is 2.04. The van der Waals surface area contributed by atoms with Crippen molar-refractivity contribution in [2.75, 3.05) is 26.7 Å². The molecule has 0 atom stereocenters. The van der Waals surface area contributed by atoms with Crippen LogP contribution in [0.5, 0.6) is 0 Å². The Morgan fingerprint density at radius 1 is 1.54 bits per heavy atom. The quantitative estimate of drug-likeness (QED) is 0.641. The van der Waals surface area contributed by atoms with Crippen molar-refractivity contribution in [1.29, 1.82) is 0 Å². The minimum Gasteiger partial charge on any atom is -0.330 e. The molecule has 74 valence electrons. The van der Waals surface area contributed by atoms with Crippen LogP contribution < -0.4 is 5.73 Å². The number of nitrogens with two attached hydrogens (primary N) is 1. The van der Waals surface area contributed by atoms with E-state index in [2.05, 4.69) is 17.9 Å². The topological polar surface area (TPSA) is 29.3 Å². The van der Waals surface area contributed by atoms with Gasteiger partial charge >= 0.3 is 0 Å². The lowest BCUT2D eigenvalue weighted by molar-refractivity contribution is 0.115. The molecule has 0 spiro atoms. The Morgan fingerprint density at radius 3 is 2.62 bits per heavy atom. The van der Waals surface area contributed by atoms with E-state index < -0.39 is 0 Å². The van der Waals surface area contributed by atoms with Crippen molar-refractivity contribution in [3.8, 4) is 12.3 Å². The lowest BCUT2D eigenvalue weighted by atomic mass is 9.67. The fraction of sp³-hybridized carbons (Fsp3) is 0.818. The number of hydrogen-bond donors (Lipinski definition) is 1. The highest BCUT2D eigenvalue weighted by Gasteiger charge is 2.34. The van der Waals surface area contributed by atoms with Crippen molar-refractivity contribution in [2.45, 2.75) is 25.7 Å². The summed E-state index contributed by atoms with van der Waals surface area (Å²) in [4.78, 5) is 2.19. The largest absolute Gasteiger partial charge is 0.330 e. The molecule has 1 aliphatic rings. The molecule has 0 aromatic carbocycles. The average molecular weight is 180 g/mol. The van der Waals surface area contributed by atoms with Gasteiger partial charge in [0.15, 0.2) is 0 Å². The molecule has 1 fully saturated rings. The molecule has 0 aromatic rings. The fourth-order valence-corrected chi connectivity index (χ4v) is 1.90. The summed E-state index contributed by atoms with van der Waals surface area (Å²) < 4.78 is 0. The first-order chi connectivity index (χ1) is 6.22. The third-order valence-corrected chi connectivity index (χ3v) is 3.23. The molecule has 0 aliphatic heterocycles. The van der Waals surface area contributed by atoms with Crippen LogP contribution in [0.15, 0.2) is 0 Å². The molecule has 0 unspecified atom stereocenters. The molecule has 0 radical (unpaired) electrons. The Hall–Kier alpha value is -0.520. The molecule has 13 heavy (non-hydrogen) atoms. The van der Waals surface area contributed by atoms with E-state index in [1.165, 1.54) is 25.7 Å². The molecule has 2 N–H and O–H groups in total. The molecule has 2 nitrogen and oxygen atoms in total. The summed E-state index contributed by atoms with van der Waals surface area (Å²) in [5.74, 6) is 2.65. The van der Waals surface area contributed by atoms with E-state index >= 15 is 0 Å². The molecule has 0 aromatic heterocycles. The van der Waals surface area contributed by atoms with E-state index in [9.17, 15) is 0 Å². The Kier molecular flexibility index (Phi) is 3.77. The van der Waals surface area contributed by atoms with Crippen LogP contribution in [0.3, 0.4) is 0 Å². The van der Waals surface area contributed by atoms with Gasteiger partial charge in [0, 0.05) is 0 Å². The van der Waals surface area contributed by atoms with Gasteiger partial charge in [-0.05, 0) is 44.8 Å². The van der Waals surface area contributed by atoms with Crippen LogP contribution in [0.4, 0.5) is 0 Å². The summed E-state index contributed by atoms with van der Waals surface area (Å²) in [5.41, 5.74) is 6.23. The molecule has 0 bridgehead atoms. The van der Waals surface area contributed by atoms with Crippen LogP contribution in [0.2, 0.25) is 0 Å². The zero-order valence-electron chi connectivity index (χ0n) is 8.55. The zero-order chi connectivity index (χ0) is 9.73. The summed E-state index contributed by atoms with van der Waals surface area (Å²) >= 11 is 0. The molecule has 1 aliphatic carbocycles. The summed E-state index contributed by atoms with van der Waals surface area (Å²) in [5, 5.41) is 0. The van der Waals surface area contributed by atoms with Crippen molar-refractivity contribution in [2.24, 2.45) is 11.1 Å². The second-order valence-corrected chi connectivity index (χ2v) is 4.25. The molecular weight excluding hydrogens is 160 g/mol. The van der Waals surface area contributed by atoms with Gasteiger partial charge in [-0.2, -0.15) is 0 Å². The lowest BCUT2D eigenvalue weighted by Crippen LogP contribution is -2.40. The molecule has 0 heterocycles. The van der Waals surface area contributed by atoms with Crippen molar-refractivity contribution in [1.82, 2.24) is 4.90 Å². The molecule has 0 amide bonds. The summed E-state index contributed by atoms with van der Waals surface area (Å²) in [6.45, 7) is 2.68. The number of hydrogen-bond acceptors (Lipinski definition) is 2. The van der Waals surface area contributed by atoms with Crippen LogP contribution in [0, 0.1) is 17.8 Å². The normalized spacial score (nSPS) is 19.5. The molecular formula is C11H20N2. The highest BCUT2D eigenvalue weighted by atomic mass is 15.1. The first-order valence-electron chi connectivity index (χ1n) is 5.04. The van der Waals surface area contributed by atoms with Gasteiger partial charge in [-0.3, -0.25) is 4.90 Å². The third-order valence-electron chi connectivity index (χ3n) is 3.23. The Balaban J connectivity index is 2.21. The van der Waals surface area contributed by atoms with Gasteiger partial charge in [-0.15, -0.1) is 6.42 Å². The van der Waals surface area contributed by atoms with Crippen LogP contribution in [-0.2, 0) is 0 Å². The number of rotatable bonds is 5. The van der Waals surface area contributed by atoms with Gasteiger partial charge in [0.05, 0.1) is 6.54 Å². The first kappa shape index (κ1) is 10.6. The Morgan fingerprint density at radius 2 is 2.23 bits per heavy atom. The van der Waals surface area contributed by atoms with Crippen molar-refractivity contribution < 1.29 is 0 Å². The maximum absolute atomic E-state index is 5.77. The fourth-order valence-electron chi connectivity index (χ4n) is 1.90. The number of nitrogens with zero attached hydrogens (tertiary/aromatic N) is 1. The van der Waals surface area contributed by atoms with Crippen LogP contribution in [-0.4, -0.2) is 31.6 Å². The predicted octanol–water partition coefficient (Wildman–Crippen LogP) is 1.07. The SMILES string of the molecule is C#CCN(C)CCC1(CN)CCC1. The van der Waals surface area contributed by atoms with E-state index in [-0.39, 0.29) is 0 Å². The van der Waals surface area contributed by atoms with E-state index in [4.69, 9.17) is 12.2 Å². The summed E-state index contributed by atoms with van der Waals surface area (Å²) in [7, 11) is 2.07.